The molecular weight excluding hydrogens is 256 g/mol. The van der Waals surface area contributed by atoms with Crippen LogP contribution < -0.4 is 0 Å². The van der Waals surface area contributed by atoms with Crippen LogP contribution in [0.25, 0.3) is 0 Å². The Morgan fingerprint density at radius 3 is 2.53 bits per heavy atom. The highest BCUT2D eigenvalue weighted by Crippen LogP contribution is 2.28. The van der Waals surface area contributed by atoms with E-state index in [0.29, 0.717) is 6.42 Å². The van der Waals surface area contributed by atoms with Crippen molar-refractivity contribution in [3.05, 3.63) is 0 Å². The highest BCUT2D eigenvalue weighted by atomic mass is 17.3. The van der Waals surface area contributed by atoms with Gasteiger partial charge in [-0.05, 0) is 19.3 Å². The van der Waals surface area contributed by atoms with Crippen LogP contribution in [0.1, 0.15) is 32.6 Å². The van der Waals surface area contributed by atoms with E-state index in [9.17, 15) is 4.79 Å². The smallest absolute Gasteiger partial charge is 0.369 e. The predicted molar refractivity (Wildman–Crippen MR) is 63.7 cm³/mol. The maximum atomic E-state index is 11.4. The maximum absolute atomic E-state index is 11.4. The van der Waals surface area contributed by atoms with E-state index in [0.717, 1.165) is 19.3 Å². The topological polar surface area (TPSA) is 72.5 Å². The van der Waals surface area contributed by atoms with Crippen LogP contribution in [0.5, 0.6) is 0 Å². The second-order valence-electron chi connectivity index (χ2n) is 4.35. The predicted octanol–water partition coefficient (Wildman–Crippen LogP) is 1.36. The molecule has 0 aliphatic carbocycles. The van der Waals surface area contributed by atoms with E-state index in [1.54, 1.807) is 14.2 Å². The minimum absolute atomic E-state index is 0.193. The molecule has 19 heavy (non-hydrogen) atoms. The van der Waals surface area contributed by atoms with Crippen molar-refractivity contribution in [3.8, 4) is 0 Å². The van der Waals surface area contributed by atoms with E-state index in [4.69, 9.17) is 24.0 Å². The molecule has 0 N–H and O–H groups in total. The van der Waals surface area contributed by atoms with E-state index in [1.165, 1.54) is 14.0 Å². The maximum Gasteiger partial charge on any atom is 0.369 e. The van der Waals surface area contributed by atoms with Crippen molar-refractivity contribution in [1.29, 1.82) is 0 Å². The van der Waals surface area contributed by atoms with Crippen molar-refractivity contribution in [2.75, 3.05) is 21.3 Å². The second-order valence-corrected chi connectivity index (χ2v) is 4.35. The molecule has 1 fully saturated rings. The number of carbonyl (C=O) groups is 1. The summed E-state index contributed by atoms with van der Waals surface area (Å²) in [6.07, 6.45) is 2.38. The molecular formula is C12H22O7. The lowest BCUT2D eigenvalue weighted by atomic mass is 10.2. The van der Waals surface area contributed by atoms with Crippen LogP contribution in [-0.2, 0) is 33.5 Å². The zero-order valence-electron chi connectivity index (χ0n) is 11.8. The van der Waals surface area contributed by atoms with Gasteiger partial charge in [0.1, 0.15) is 0 Å². The van der Waals surface area contributed by atoms with Gasteiger partial charge in [0.05, 0.1) is 7.11 Å². The zero-order chi connectivity index (χ0) is 14.3. The third-order valence-corrected chi connectivity index (χ3v) is 2.88. The Bertz CT molecular complexity index is 279. The number of hydrogen-bond donors (Lipinski definition) is 0. The first kappa shape index (κ1) is 16.3. The van der Waals surface area contributed by atoms with E-state index in [-0.39, 0.29) is 6.29 Å². The first-order valence-electron chi connectivity index (χ1n) is 6.22. The molecule has 7 nitrogen and oxygen atoms in total. The summed E-state index contributed by atoms with van der Waals surface area (Å²) in [6, 6.07) is 0. The Labute approximate surface area is 113 Å². The second kappa shape index (κ2) is 7.76. The molecule has 0 bridgehead atoms. The van der Waals surface area contributed by atoms with Gasteiger partial charge in [-0.1, -0.05) is 0 Å². The molecule has 0 radical (unpaired) electrons. The normalized spacial score (nSPS) is 26.9. The lowest BCUT2D eigenvalue weighted by molar-refractivity contribution is -0.321. The summed E-state index contributed by atoms with van der Waals surface area (Å²) in [5, 5.41) is 0. The van der Waals surface area contributed by atoms with E-state index < -0.39 is 18.0 Å². The van der Waals surface area contributed by atoms with E-state index in [2.05, 4.69) is 4.74 Å². The van der Waals surface area contributed by atoms with Gasteiger partial charge in [-0.2, -0.15) is 4.89 Å². The third kappa shape index (κ3) is 4.70. The van der Waals surface area contributed by atoms with Crippen molar-refractivity contribution in [3.63, 3.8) is 0 Å². The Hall–Kier alpha value is -0.730. The largest absolute Gasteiger partial charge is 0.465 e. The van der Waals surface area contributed by atoms with Gasteiger partial charge in [0.25, 0.3) is 5.79 Å². The van der Waals surface area contributed by atoms with Gasteiger partial charge in [0.2, 0.25) is 0 Å². The summed E-state index contributed by atoms with van der Waals surface area (Å²) in [7, 11) is 4.48. The van der Waals surface area contributed by atoms with Crippen LogP contribution >= 0.6 is 0 Å². The molecule has 2 atom stereocenters. The fraction of sp³-hybridized carbons (Fsp3) is 0.917. The molecule has 0 spiro atoms. The van der Waals surface area contributed by atoms with Crippen LogP contribution in [0.2, 0.25) is 0 Å². The lowest BCUT2D eigenvalue weighted by Gasteiger charge is -2.16. The molecule has 1 aliphatic rings. The SMILES string of the molecule is COC(=O)C1(C)OOC(CCCCC(OC)OC)O1. The van der Waals surface area contributed by atoms with Crippen LogP contribution in [-0.4, -0.2) is 45.7 Å². The monoisotopic (exact) mass is 278 g/mol. The summed E-state index contributed by atoms with van der Waals surface area (Å²) in [6.45, 7) is 1.46. The summed E-state index contributed by atoms with van der Waals surface area (Å²) >= 11 is 0. The number of hydrogen-bond acceptors (Lipinski definition) is 7. The molecule has 0 aromatic rings. The van der Waals surface area contributed by atoms with Gasteiger partial charge in [-0.15, -0.1) is 0 Å². The molecule has 0 saturated carbocycles. The summed E-state index contributed by atoms with van der Waals surface area (Å²) < 4.78 is 20.1. The molecule has 112 valence electrons. The summed E-state index contributed by atoms with van der Waals surface area (Å²) in [4.78, 5) is 21.2. The fourth-order valence-electron chi connectivity index (χ4n) is 1.76. The highest BCUT2D eigenvalue weighted by molar-refractivity contribution is 5.77. The van der Waals surface area contributed by atoms with Crippen LogP contribution in [0, 0.1) is 0 Å². The number of carbonyl (C=O) groups excluding carboxylic acids is 1. The first-order valence-corrected chi connectivity index (χ1v) is 6.22. The van der Waals surface area contributed by atoms with Crippen molar-refractivity contribution >= 4 is 5.97 Å². The Morgan fingerprint density at radius 2 is 1.95 bits per heavy atom. The number of esters is 1. The van der Waals surface area contributed by atoms with Gasteiger partial charge in [0.15, 0.2) is 12.6 Å². The van der Waals surface area contributed by atoms with Crippen LogP contribution in [0.15, 0.2) is 0 Å². The molecule has 2 unspecified atom stereocenters. The van der Waals surface area contributed by atoms with Crippen molar-refractivity contribution in [1.82, 2.24) is 0 Å². The van der Waals surface area contributed by atoms with Crippen LogP contribution in [0.3, 0.4) is 0 Å². The minimum Gasteiger partial charge on any atom is -0.465 e. The van der Waals surface area contributed by atoms with Gasteiger partial charge in [0, 0.05) is 27.6 Å². The summed E-state index contributed by atoms with van der Waals surface area (Å²) in [5.41, 5.74) is 0. The number of ether oxygens (including phenoxy) is 4. The van der Waals surface area contributed by atoms with Gasteiger partial charge < -0.3 is 18.9 Å². The number of unbranched alkanes of at least 4 members (excludes halogenated alkanes) is 1. The fourth-order valence-corrected chi connectivity index (χ4v) is 1.76. The molecule has 0 aromatic heterocycles. The van der Waals surface area contributed by atoms with Crippen LogP contribution in [0.4, 0.5) is 0 Å². The average Bonchev–Trinajstić information content (AvgIpc) is 2.81. The van der Waals surface area contributed by atoms with E-state index >= 15 is 0 Å². The minimum atomic E-state index is -1.47. The van der Waals surface area contributed by atoms with Gasteiger partial charge >= 0.3 is 5.97 Å². The zero-order valence-corrected chi connectivity index (χ0v) is 11.8. The molecule has 0 aromatic carbocycles. The van der Waals surface area contributed by atoms with Crippen molar-refractivity contribution in [2.24, 2.45) is 0 Å². The molecule has 1 aliphatic heterocycles. The summed E-state index contributed by atoms with van der Waals surface area (Å²) in [5.74, 6) is -2.09. The quantitative estimate of drug-likeness (QED) is 0.287. The lowest BCUT2D eigenvalue weighted by Crippen LogP contribution is -2.38. The van der Waals surface area contributed by atoms with E-state index in [1.807, 2.05) is 0 Å². The molecule has 1 rings (SSSR count). The first-order chi connectivity index (χ1) is 9.05. The number of methoxy groups -OCH3 is 3. The van der Waals surface area contributed by atoms with Crippen molar-refractivity contribution < 1.29 is 33.5 Å². The van der Waals surface area contributed by atoms with Gasteiger partial charge in [-0.3, -0.25) is 0 Å². The third-order valence-electron chi connectivity index (χ3n) is 2.88. The molecule has 1 heterocycles. The highest BCUT2D eigenvalue weighted by Gasteiger charge is 2.47. The Morgan fingerprint density at radius 1 is 1.26 bits per heavy atom. The Kier molecular flexibility index (Phi) is 6.67. The van der Waals surface area contributed by atoms with Gasteiger partial charge in [-0.25, -0.2) is 9.68 Å². The number of rotatable bonds is 8. The van der Waals surface area contributed by atoms with Crippen molar-refractivity contribution in [2.45, 2.75) is 51.0 Å². The standard InChI is InChI=1S/C12H22O7/c1-12(11(13)16-4)17-10(18-19-12)8-6-5-7-9(14-2)15-3/h9-10H,5-8H2,1-4H3. The Balaban J connectivity index is 2.20. The molecule has 0 amide bonds. The molecule has 7 heteroatoms. The molecule has 1 saturated heterocycles. The average molecular weight is 278 g/mol.